The molecule has 2 N–H and O–H groups in total. The first-order valence-electron chi connectivity index (χ1n) is 5.79. The molecule has 0 saturated carbocycles. The zero-order valence-corrected chi connectivity index (χ0v) is 10.2. The highest BCUT2D eigenvalue weighted by molar-refractivity contribution is 5.89. The predicted molar refractivity (Wildman–Crippen MR) is 71.9 cm³/mol. The van der Waals surface area contributed by atoms with Crippen molar-refractivity contribution in [2.45, 2.75) is 13.5 Å². The Morgan fingerprint density at radius 3 is 2.50 bits per heavy atom. The van der Waals surface area contributed by atoms with E-state index in [0.717, 1.165) is 16.8 Å². The summed E-state index contributed by atoms with van der Waals surface area (Å²) in [4.78, 5) is 11.0. The Kier molecular flexibility index (Phi) is 3.63. The lowest BCUT2D eigenvalue weighted by molar-refractivity contribution is 0.0696. The third-order valence-corrected chi connectivity index (χ3v) is 2.93. The Bertz CT molecular complexity index is 550. The highest BCUT2D eigenvalue weighted by atomic mass is 16.4. The first-order valence-corrected chi connectivity index (χ1v) is 5.79. The molecule has 2 aromatic rings. The number of nitrogens with one attached hydrogen (secondary N) is 1. The van der Waals surface area contributed by atoms with Crippen LogP contribution in [0.1, 0.15) is 21.5 Å². The molecular weight excluding hydrogens is 226 g/mol. The number of anilines is 1. The standard InChI is InChI=1S/C15H15NO2/c1-11-12(6-5-9-14(11)15(17)18)10-16-13-7-3-2-4-8-13/h2-9,16H,10H2,1H3,(H,17,18). The van der Waals surface area contributed by atoms with Crippen molar-refractivity contribution in [2.24, 2.45) is 0 Å². The van der Waals surface area contributed by atoms with Gasteiger partial charge in [-0.3, -0.25) is 0 Å². The quantitative estimate of drug-likeness (QED) is 0.863. The molecule has 3 nitrogen and oxygen atoms in total. The van der Waals surface area contributed by atoms with E-state index < -0.39 is 5.97 Å². The molecule has 0 radical (unpaired) electrons. The molecule has 0 bridgehead atoms. The number of benzene rings is 2. The van der Waals surface area contributed by atoms with Gasteiger partial charge in [-0.15, -0.1) is 0 Å². The van der Waals surface area contributed by atoms with Crippen LogP contribution < -0.4 is 5.32 Å². The van der Waals surface area contributed by atoms with E-state index >= 15 is 0 Å². The molecule has 18 heavy (non-hydrogen) atoms. The fourth-order valence-corrected chi connectivity index (χ4v) is 1.86. The van der Waals surface area contributed by atoms with E-state index in [2.05, 4.69) is 5.32 Å². The van der Waals surface area contributed by atoms with Gasteiger partial charge in [0.15, 0.2) is 0 Å². The summed E-state index contributed by atoms with van der Waals surface area (Å²) in [6.07, 6.45) is 0. The highest BCUT2D eigenvalue weighted by Crippen LogP contribution is 2.16. The summed E-state index contributed by atoms with van der Waals surface area (Å²) in [6, 6.07) is 15.2. The maximum atomic E-state index is 11.0. The molecule has 3 heteroatoms. The molecule has 0 aromatic heterocycles. The van der Waals surface area contributed by atoms with Crippen LogP contribution in [0, 0.1) is 6.92 Å². The molecule has 0 spiro atoms. The second kappa shape index (κ2) is 5.36. The minimum absolute atomic E-state index is 0.363. The molecule has 0 aliphatic heterocycles. The lowest BCUT2D eigenvalue weighted by Crippen LogP contribution is -2.06. The van der Waals surface area contributed by atoms with E-state index in [1.165, 1.54) is 0 Å². The van der Waals surface area contributed by atoms with Crippen LogP contribution in [-0.4, -0.2) is 11.1 Å². The summed E-state index contributed by atoms with van der Waals surface area (Å²) in [5.41, 5.74) is 3.20. The van der Waals surface area contributed by atoms with E-state index in [9.17, 15) is 4.79 Å². The maximum absolute atomic E-state index is 11.0. The van der Waals surface area contributed by atoms with Gasteiger partial charge in [0.05, 0.1) is 5.56 Å². The van der Waals surface area contributed by atoms with E-state index in [1.54, 1.807) is 12.1 Å². The summed E-state index contributed by atoms with van der Waals surface area (Å²) < 4.78 is 0. The molecule has 0 unspecified atom stereocenters. The number of carboxylic acid groups (broad SMARTS) is 1. The third-order valence-electron chi connectivity index (χ3n) is 2.93. The Balaban J connectivity index is 2.15. The Hall–Kier alpha value is -2.29. The Morgan fingerprint density at radius 1 is 1.11 bits per heavy atom. The summed E-state index contributed by atoms with van der Waals surface area (Å²) >= 11 is 0. The summed E-state index contributed by atoms with van der Waals surface area (Å²) in [7, 11) is 0. The van der Waals surface area contributed by atoms with Crippen molar-refractivity contribution in [1.82, 2.24) is 0 Å². The summed E-state index contributed by atoms with van der Waals surface area (Å²) in [5, 5.41) is 12.3. The van der Waals surface area contributed by atoms with E-state index in [1.807, 2.05) is 43.3 Å². The van der Waals surface area contributed by atoms with Gasteiger partial charge in [-0.05, 0) is 36.2 Å². The normalized spacial score (nSPS) is 10.1. The molecule has 2 rings (SSSR count). The van der Waals surface area contributed by atoms with E-state index in [-0.39, 0.29) is 0 Å². The minimum atomic E-state index is -0.880. The van der Waals surface area contributed by atoms with Crippen LogP contribution in [0.5, 0.6) is 0 Å². The number of aromatic carboxylic acids is 1. The minimum Gasteiger partial charge on any atom is -0.478 e. The van der Waals surface area contributed by atoms with Crippen molar-refractivity contribution in [1.29, 1.82) is 0 Å². The van der Waals surface area contributed by atoms with Crippen LogP contribution in [-0.2, 0) is 6.54 Å². The summed E-state index contributed by atoms with van der Waals surface area (Å²) in [6.45, 7) is 2.46. The molecule has 0 aliphatic carbocycles. The van der Waals surface area contributed by atoms with Gasteiger partial charge in [0.1, 0.15) is 0 Å². The first-order chi connectivity index (χ1) is 8.68. The number of carboxylic acids is 1. The average Bonchev–Trinajstić information content (AvgIpc) is 2.38. The second-order valence-corrected chi connectivity index (χ2v) is 4.11. The van der Waals surface area contributed by atoms with Gasteiger partial charge in [0, 0.05) is 12.2 Å². The van der Waals surface area contributed by atoms with Gasteiger partial charge >= 0.3 is 5.97 Å². The molecule has 0 aliphatic rings. The first kappa shape index (κ1) is 12.2. The summed E-state index contributed by atoms with van der Waals surface area (Å²) in [5.74, 6) is -0.880. The van der Waals surface area contributed by atoms with Crippen molar-refractivity contribution >= 4 is 11.7 Å². The lowest BCUT2D eigenvalue weighted by Gasteiger charge is -2.10. The SMILES string of the molecule is Cc1c(CNc2ccccc2)cccc1C(=O)O. The van der Waals surface area contributed by atoms with Crippen molar-refractivity contribution in [2.75, 3.05) is 5.32 Å². The zero-order chi connectivity index (χ0) is 13.0. The second-order valence-electron chi connectivity index (χ2n) is 4.11. The molecule has 92 valence electrons. The molecule has 2 aromatic carbocycles. The number of hydrogen-bond acceptors (Lipinski definition) is 2. The third kappa shape index (κ3) is 2.69. The van der Waals surface area contributed by atoms with Crippen LogP contribution in [0.15, 0.2) is 48.5 Å². The van der Waals surface area contributed by atoms with Gasteiger partial charge in [-0.2, -0.15) is 0 Å². The highest BCUT2D eigenvalue weighted by Gasteiger charge is 2.09. The fourth-order valence-electron chi connectivity index (χ4n) is 1.86. The number of carbonyl (C=O) groups is 1. The molecule has 0 fully saturated rings. The van der Waals surface area contributed by atoms with Crippen LogP contribution in [0.25, 0.3) is 0 Å². The number of hydrogen-bond donors (Lipinski definition) is 2. The van der Waals surface area contributed by atoms with Crippen molar-refractivity contribution in [3.8, 4) is 0 Å². The maximum Gasteiger partial charge on any atom is 0.335 e. The predicted octanol–water partition coefficient (Wildman–Crippen LogP) is 3.31. The van der Waals surface area contributed by atoms with Crippen molar-refractivity contribution in [3.63, 3.8) is 0 Å². The van der Waals surface area contributed by atoms with E-state index in [0.29, 0.717) is 12.1 Å². The number of rotatable bonds is 4. The zero-order valence-electron chi connectivity index (χ0n) is 10.2. The number of para-hydroxylation sites is 1. The van der Waals surface area contributed by atoms with Gasteiger partial charge in [0.25, 0.3) is 0 Å². The van der Waals surface area contributed by atoms with Gasteiger partial charge < -0.3 is 10.4 Å². The van der Waals surface area contributed by atoms with Crippen molar-refractivity contribution in [3.05, 3.63) is 65.2 Å². The molecule has 0 amide bonds. The molecule has 0 heterocycles. The Labute approximate surface area is 106 Å². The van der Waals surface area contributed by atoms with Crippen LogP contribution in [0.4, 0.5) is 5.69 Å². The van der Waals surface area contributed by atoms with Gasteiger partial charge in [0.2, 0.25) is 0 Å². The smallest absolute Gasteiger partial charge is 0.335 e. The monoisotopic (exact) mass is 241 g/mol. The fraction of sp³-hybridized carbons (Fsp3) is 0.133. The van der Waals surface area contributed by atoms with E-state index in [4.69, 9.17) is 5.11 Å². The van der Waals surface area contributed by atoms with Crippen molar-refractivity contribution < 1.29 is 9.90 Å². The largest absolute Gasteiger partial charge is 0.478 e. The topological polar surface area (TPSA) is 49.3 Å². The Morgan fingerprint density at radius 2 is 1.83 bits per heavy atom. The lowest BCUT2D eigenvalue weighted by atomic mass is 10.0. The molecule has 0 saturated heterocycles. The molecular formula is C15H15NO2. The van der Waals surface area contributed by atoms with Gasteiger partial charge in [-0.25, -0.2) is 4.79 Å². The van der Waals surface area contributed by atoms with Crippen LogP contribution in [0.3, 0.4) is 0 Å². The average molecular weight is 241 g/mol. The van der Waals surface area contributed by atoms with Gasteiger partial charge in [-0.1, -0.05) is 30.3 Å². The molecule has 0 atom stereocenters. The van der Waals surface area contributed by atoms with Crippen LogP contribution >= 0.6 is 0 Å². The van der Waals surface area contributed by atoms with Crippen LogP contribution in [0.2, 0.25) is 0 Å².